The van der Waals surface area contributed by atoms with Gasteiger partial charge in [0.15, 0.2) is 5.82 Å². The fraction of sp³-hybridized carbons (Fsp3) is 0.375. The number of likely N-dealkylation sites (tertiary alicyclic amines) is 1. The molecule has 31 heavy (non-hydrogen) atoms. The molecule has 2 heterocycles. The first kappa shape index (κ1) is 20.9. The van der Waals surface area contributed by atoms with Gasteiger partial charge in [0.2, 0.25) is 0 Å². The van der Waals surface area contributed by atoms with E-state index in [9.17, 15) is 4.79 Å². The molecule has 1 aliphatic heterocycles. The van der Waals surface area contributed by atoms with Crippen molar-refractivity contribution >= 4 is 22.8 Å². The van der Waals surface area contributed by atoms with E-state index >= 15 is 0 Å². The number of methoxy groups -OCH3 is 1. The standard InChI is InChI=1S/C24H28N4O3/c1-24(2,3)31-23(29)28-14-13-16(15-28)25-21-17-9-5-7-11-19(17)26-22(27-21)18-10-6-8-12-20(18)30-4/h5-12,16H,13-15H2,1-4H3,(H,25,26,27). The summed E-state index contributed by atoms with van der Waals surface area (Å²) in [4.78, 5) is 23.8. The highest BCUT2D eigenvalue weighted by atomic mass is 16.6. The zero-order chi connectivity index (χ0) is 22.0. The summed E-state index contributed by atoms with van der Waals surface area (Å²) in [6, 6.07) is 15.7. The van der Waals surface area contributed by atoms with Crippen LogP contribution in [-0.4, -0.2) is 52.8 Å². The number of nitrogens with one attached hydrogen (secondary N) is 1. The van der Waals surface area contributed by atoms with Crippen LogP contribution in [0.2, 0.25) is 0 Å². The molecule has 2 aromatic carbocycles. The molecule has 7 nitrogen and oxygen atoms in total. The Morgan fingerprint density at radius 3 is 2.61 bits per heavy atom. The van der Waals surface area contributed by atoms with Crippen LogP contribution in [-0.2, 0) is 4.74 Å². The van der Waals surface area contributed by atoms with Crippen molar-refractivity contribution in [3.63, 3.8) is 0 Å². The molecule has 1 N–H and O–H groups in total. The molecule has 1 atom stereocenters. The number of ether oxygens (including phenoxy) is 2. The second-order valence-electron chi connectivity index (χ2n) is 8.67. The summed E-state index contributed by atoms with van der Waals surface area (Å²) in [6.07, 6.45) is 0.542. The van der Waals surface area contributed by atoms with E-state index in [1.165, 1.54) is 0 Å². The van der Waals surface area contributed by atoms with Crippen LogP contribution in [0.4, 0.5) is 10.6 Å². The number of carbonyl (C=O) groups is 1. The molecule has 0 spiro atoms. The number of hydrogen-bond acceptors (Lipinski definition) is 6. The van der Waals surface area contributed by atoms with Gasteiger partial charge in [0, 0.05) is 24.5 Å². The van der Waals surface area contributed by atoms with Crippen molar-refractivity contribution in [2.45, 2.75) is 38.8 Å². The second-order valence-corrected chi connectivity index (χ2v) is 8.67. The van der Waals surface area contributed by atoms with Crippen LogP contribution < -0.4 is 10.1 Å². The number of hydrogen-bond donors (Lipinski definition) is 1. The van der Waals surface area contributed by atoms with E-state index in [2.05, 4.69) is 5.32 Å². The third-order valence-electron chi connectivity index (χ3n) is 5.13. The summed E-state index contributed by atoms with van der Waals surface area (Å²) in [7, 11) is 1.64. The number of fused-ring (bicyclic) bond motifs is 1. The summed E-state index contributed by atoms with van der Waals surface area (Å²) in [6.45, 7) is 6.85. The molecule has 162 valence electrons. The number of para-hydroxylation sites is 2. The lowest BCUT2D eigenvalue weighted by Gasteiger charge is -2.24. The lowest BCUT2D eigenvalue weighted by atomic mass is 10.1. The quantitative estimate of drug-likeness (QED) is 0.658. The van der Waals surface area contributed by atoms with E-state index in [0.29, 0.717) is 18.9 Å². The second kappa shape index (κ2) is 8.41. The Morgan fingerprint density at radius 2 is 1.84 bits per heavy atom. The molecule has 1 saturated heterocycles. The summed E-state index contributed by atoms with van der Waals surface area (Å²) < 4.78 is 11.0. The van der Waals surface area contributed by atoms with Gasteiger partial charge in [0.1, 0.15) is 17.2 Å². The zero-order valence-electron chi connectivity index (χ0n) is 18.4. The molecular weight excluding hydrogens is 392 g/mol. The van der Waals surface area contributed by atoms with Gasteiger partial charge in [-0.3, -0.25) is 0 Å². The third kappa shape index (κ3) is 4.71. The number of benzene rings is 2. The Kier molecular flexibility index (Phi) is 5.67. The molecule has 4 rings (SSSR count). The Bertz CT molecular complexity index is 1090. The van der Waals surface area contributed by atoms with Crippen LogP contribution >= 0.6 is 0 Å². The molecule has 0 radical (unpaired) electrons. The van der Waals surface area contributed by atoms with Crippen LogP contribution in [0.5, 0.6) is 5.75 Å². The minimum Gasteiger partial charge on any atom is -0.496 e. The topological polar surface area (TPSA) is 76.6 Å². The monoisotopic (exact) mass is 420 g/mol. The van der Waals surface area contributed by atoms with Crippen molar-refractivity contribution < 1.29 is 14.3 Å². The third-order valence-corrected chi connectivity index (χ3v) is 5.13. The smallest absolute Gasteiger partial charge is 0.410 e. The van der Waals surface area contributed by atoms with Gasteiger partial charge in [0.25, 0.3) is 0 Å². The molecule has 1 aliphatic rings. The molecule has 7 heteroatoms. The Hall–Kier alpha value is -3.35. The Balaban J connectivity index is 1.61. The van der Waals surface area contributed by atoms with E-state index in [-0.39, 0.29) is 12.1 Å². The van der Waals surface area contributed by atoms with E-state index in [1.54, 1.807) is 12.0 Å². The van der Waals surface area contributed by atoms with Crippen molar-refractivity contribution in [1.29, 1.82) is 0 Å². The van der Waals surface area contributed by atoms with E-state index < -0.39 is 5.60 Å². The van der Waals surface area contributed by atoms with Gasteiger partial charge >= 0.3 is 6.09 Å². The molecule has 3 aromatic rings. The van der Waals surface area contributed by atoms with Crippen LogP contribution in [0.15, 0.2) is 48.5 Å². The molecule has 1 amide bonds. The predicted molar refractivity (Wildman–Crippen MR) is 121 cm³/mol. The molecule has 1 aromatic heterocycles. The van der Waals surface area contributed by atoms with Gasteiger partial charge in [-0.1, -0.05) is 24.3 Å². The average molecular weight is 421 g/mol. The Labute approximate surface area is 182 Å². The van der Waals surface area contributed by atoms with Gasteiger partial charge in [-0.2, -0.15) is 0 Å². The van der Waals surface area contributed by atoms with Crippen molar-refractivity contribution in [3.05, 3.63) is 48.5 Å². The first-order valence-corrected chi connectivity index (χ1v) is 10.5. The van der Waals surface area contributed by atoms with Crippen molar-refractivity contribution in [1.82, 2.24) is 14.9 Å². The highest BCUT2D eigenvalue weighted by molar-refractivity contribution is 5.91. The normalized spacial score (nSPS) is 16.4. The summed E-state index contributed by atoms with van der Waals surface area (Å²) in [5.41, 5.74) is 1.18. The maximum absolute atomic E-state index is 12.4. The van der Waals surface area contributed by atoms with Crippen LogP contribution in [0.3, 0.4) is 0 Å². The van der Waals surface area contributed by atoms with Crippen molar-refractivity contribution in [3.8, 4) is 17.1 Å². The maximum Gasteiger partial charge on any atom is 0.410 e. The van der Waals surface area contributed by atoms with Crippen molar-refractivity contribution in [2.24, 2.45) is 0 Å². The summed E-state index contributed by atoms with van der Waals surface area (Å²) in [5.74, 6) is 2.07. The fourth-order valence-electron chi connectivity index (χ4n) is 3.70. The van der Waals surface area contributed by atoms with Crippen LogP contribution in [0.25, 0.3) is 22.3 Å². The highest BCUT2D eigenvalue weighted by Crippen LogP contribution is 2.31. The molecule has 0 aliphatic carbocycles. The fourth-order valence-corrected chi connectivity index (χ4v) is 3.70. The number of rotatable bonds is 4. The van der Waals surface area contributed by atoms with Gasteiger partial charge in [0.05, 0.1) is 18.2 Å². The number of aromatic nitrogens is 2. The summed E-state index contributed by atoms with van der Waals surface area (Å²) >= 11 is 0. The Morgan fingerprint density at radius 1 is 1.10 bits per heavy atom. The van der Waals surface area contributed by atoms with E-state index in [0.717, 1.165) is 34.5 Å². The maximum atomic E-state index is 12.4. The van der Waals surface area contributed by atoms with Gasteiger partial charge < -0.3 is 19.7 Å². The van der Waals surface area contributed by atoms with Gasteiger partial charge in [-0.25, -0.2) is 14.8 Å². The van der Waals surface area contributed by atoms with E-state index in [4.69, 9.17) is 19.4 Å². The van der Waals surface area contributed by atoms with E-state index in [1.807, 2.05) is 69.3 Å². The minimum atomic E-state index is -0.505. The summed E-state index contributed by atoms with van der Waals surface area (Å²) in [5, 5.41) is 4.48. The minimum absolute atomic E-state index is 0.0799. The number of carbonyl (C=O) groups excluding carboxylic acids is 1. The molecule has 1 unspecified atom stereocenters. The number of nitrogens with zero attached hydrogens (tertiary/aromatic N) is 3. The molecular formula is C24H28N4O3. The van der Waals surface area contributed by atoms with Crippen LogP contribution in [0.1, 0.15) is 27.2 Å². The first-order valence-electron chi connectivity index (χ1n) is 10.5. The van der Waals surface area contributed by atoms with Crippen molar-refractivity contribution in [2.75, 3.05) is 25.5 Å². The first-order chi connectivity index (χ1) is 14.8. The highest BCUT2D eigenvalue weighted by Gasteiger charge is 2.30. The largest absolute Gasteiger partial charge is 0.496 e. The van der Waals surface area contributed by atoms with Gasteiger partial charge in [-0.15, -0.1) is 0 Å². The zero-order valence-corrected chi connectivity index (χ0v) is 18.4. The van der Waals surface area contributed by atoms with Crippen LogP contribution in [0, 0.1) is 0 Å². The average Bonchev–Trinajstić information content (AvgIpc) is 3.21. The molecule has 0 bridgehead atoms. The SMILES string of the molecule is COc1ccccc1-c1nc(NC2CCN(C(=O)OC(C)(C)C)C2)c2ccccc2n1. The van der Waals surface area contributed by atoms with Gasteiger partial charge in [-0.05, 0) is 51.5 Å². The lowest BCUT2D eigenvalue weighted by Crippen LogP contribution is -2.36. The molecule has 1 fully saturated rings. The predicted octanol–water partition coefficient (Wildman–Crippen LogP) is 4.73. The molecule has 0 saturated carbocycles. The lowest BCUT2D eigenvalue weighted by molar-refractivity contribution is 0.0293. The number of anilines is 1. The number of amides is 1.